The molecule has 0 radical (unpaired) electrons. The molecule has 0 atom stereocenters. The number of aromatic nitrogens is 2. The highest BCUT2D eigenvalue weighted by molar-refractivity contribution is 9.10. The van der Waals surface area contributed by atoms with Crippen molar-refractivity contribution >= 4 is 44.8 Å². The fourth-order valence-electron chi connectivity index (χ4n) is 1.50. The zero-order valence-corrected chi connectivity index (χ0v) is 11.8. The van der Waals surface area contributed by atoms with Crippen molar-refractivity contribution in [2.45, 2.75) is 0 Å². The summed E-state index contributed by atoms with van der Waals surface area (Å²) in [4.78, 5) is 12.0. The predicted molar refractivity (Wildman–Crippen MR) is 74.7 cm³/mol. The number of aryl methyl sites for hydroxylation is 1. The van der Waals surface area contributed by atoms with Crippen molar-refractivity contribution < 1.29 is 4.79 Å². The molecule has 0 unspecified atom stereocenters. The number of hydrogen-bond acceptors (Lipinski definition) is 3. The smallest absolute Gasteiger partial charge is 0.276 e. The van der Waals surface area contributed by atoms with Crippen molar-refractivity contribution in [3.8, 4) is 0 Å². The molecule has 7 heteroatoms. The summed E-state index contributed by atoms with van der Waals surface area (Å²) in [6.45, 7) is 0. The van der Waals surface area contributed by atoms with E-state index in [2.05, 4.69) is 26.3 Å². The van der Waals surface area contributed by atoms with E-state index in [9.17, 15) is 4.79 Å². The lowest BCUT2D eigenvalue weighted by atomic mass is 10.3. The van der Waals surface area contributed by atoms with E-state index < -0.39 is 0 Å². The number of nitrogen functional groups attached to an aromatic ring is 1. The first-order chi connectivity index (χ1) is 8.49. The highest BCUT2D eigenvalue weighted by atomic mass is 79.9. The molecule has 1 heterocycles. The third-order valence-corrected chi connectivity index (χ3v) is 3.59. The molecule has 0 fully saturated rings. The molecule has 3 N–H and O–H groups in total. The number of amides is 1. The van der Waals surface area contributed by atoms with Crippen molar-refractivity contribution in [1.29, 1.82) is 0 Å². The van der Waals surface area contributed by atoms with Gasteiger partial charge in [0.1, 0.15) is 5.69 Å². The van der Waals surface area contributed by atoms with E-state index in [1.54, 1.807) is 25.2 Å². The van der Waals surface area contributed by atoms with Gasteiger partial charge in [0.2, 0.25) is 0 Å². The third kappa shape index (κ3) is 2.49. The average Bonchev–Trinajstić information content (AvgIpc) is 2.64. The van der Waals surface area contributed by atoms with E-state index in [0.717, 1.165) is 4.47 Å². The van der Waals surface area contributed by atoms with Gasteiger partial charge in [0, 0.05) is 17.2 Å². The predicted octanol–water partition coefficient (Wildman–Crippen LogP) is 2.67. The van der Waals surface area contributed by atoms with Gasteiger partial charge in [-0.3, -0.25) is 9.48 Å². The molecule has 94 valence electrons. The first-order valence-corrected chi connectivity index (χ1v) is 6.20. The lowest BCUT2D eigenvalue weighted by molar-refractivity contribution is 0.101. The second-order valence-electron chi connectivity index (χ2n) is 3.66. The topological polar surface area (TPSA) is 72.9 Å². The highest BCUT2D eigenvalue weighted by Gasteiger charge is 2.15. The van der Waals surface area contributed by atoms with Gasteiger partial charge < -0.3 is 11.1 Å². The van der Waals surface area contributed by atoms with Gasteiger partial charge in [-0.2, -0.15) is 5.10 Å². The Morgan fingerprint density at radius 2 is 2.28 bits per heavy atom. The van der Waals surface area contributed by atoms with Crippen LogP contribution in [0.3, 0.4) is 0 Å². The van der Waals surface area contributed by atoms with E-state index in [4.69, 9.17) is 17.3 Å². The summed E-state index contributed by atoms with van der Waals surface area (Å²) in [6.07, 6.45) is 1.43. The maximum atomic E-state index is 12.0. The van der Waals surface area contributed by atoms with Crippen LogP contribution in [0.4, 0.5) is 11.4 Å². The van der Waals surface area contributed by atoms with Gasteiger partial charge in [-0.15, -0.1) is 0 Å². The summed E-state index contributed by atoms with van der Waals surface area (Å²) in [5, 5.41) is 7.14. The number of benzene rings is 1. The minimum atomic E-state index is -0.328. The molecule has 5 nitrogen and oxygen atoms in total. The zero-order chi connectivity index (χ0) is 13.3. The fraction of sp³-hybridized carbons (Fsp3) is 0.0909. The Balaban J connectivity index is 2.24. The van der Waals surface area contributed by atoms with E-state index in [1.165, 1.54) is 10.9 Å². The molecular weight excluding hydrogens is 320 g/mol. The lowest BCUT2D eigenvalue weighted by Crippen LogP contribution is -2.17. The molecule has 0 saturated heterocycles. The van der Waals surface area contributed by atoms with Crippen molar-refractivity contribution in [3.63, 3.8) is 0 Å². The van der Waals surface area contributed by atoms with Gasteiger partial charge in [0.25, 0.3) is 5.91 Å². The van der Waals surface area contributed by atoms with Crippen LogP contribution in [0.5, 0.6) is 0 Å². The van der Waals surface area contributed by atoms with Gasteiger partial charge in [0.15, 0.2) is 0 Å². The lowest BCUT2D eigenvalue weighted by Gasteiger charge is -2.07. The Bertz CT molecular complexity index is 592. The molecular formula is C11H10BrClN4O. The summed E-state index contributed by atoms with van der Waals surface area (Å²) in [5.74, 6) is -0.328. The SMILES string of the molecule is Cn1ncc(N)c1C(=O)Nc1ccc(Br)c(Cl)c1. The molecule has 0 aliphatic rings. The largest absolute Gasteiger partial charge is 0.396 e. The number of nitrogens with two attached hydrogens (primary N) is 1. The van der Waals surface area contributed by atoms with Crippen LogP contribution in [0, 0.1) is 0 Å². The molecule has 1 aromatic carbocycles. The Morgan fingerprint density at radius 3 is 2.83 bits per heavy atom. The molecule has 2 aromatic rings. The Labute approximate surface area is 117 Å². The molecule has 0 bridgehead atoms. The molecule has 0 spiro atoms. The molecule has 1 aromatic heterocycles. The van der Waals surface area contributed by atoms with Crippen LogP contribution < -0.4 is 11.1 Å². The van der Waals surface area contributed by atoms with Gasteiger partial charge in [-0.25, -0.2) is 0 Å². The van der Waals surface area contributed by atoms with Crippen molar-refractivity contribution in [1.82, 2.24) is 9.78 Å². The Kier molecular flexibility index (Phi) is 3.58. The van der Waals surface area contributed by atoms with Crippen molar-refractivity contribution in [2.75, 3.05) is 11.1 Å². The molecule has 0 aliphatic heterocycles. The van der Waals surface area contributed by atoms with Crippen LogP contribution in [-0.2, 0) is 7.05 Å². The Hall–Kier alpha value is -1.53. The van der Waals surface area contributed by atoms with Gasteiger partial charge in [-0.1, -0.05) is 11.6 Å². The molecule has 1 amide bonds. The first kappa shape index (κ1) is 12.9. The van der Waals surface area contributed by atoms with Crippen LogP contribution >= 0.6 is 27.5 Å². The number of halogens is 2. The van der Waals surface area contributed by atoms with Crippen molar-refractivity contribution in [2.24, 2.45) is 7.05 Å². The van der Waals surface area contributed by atoms with Crippen LogP contribution in [0.15, 0.2) is 28.9 Å². The number of carbonyl (C=O) groups excluding carboxylic acids is 1. The summed E-state index contributed by atoms with van der Waals surface area (Å²) >= 11 is 9.22. The number of nitrogens with one attached hydrogen (secondary N) is 1. The van der Waals surface area contributed by atoms with Gasteiger partial charge >= 0.3 is 0 Å². The number of carbonyl (C=O) groups is 1. The number of nitrogens with zero attached hydrogens (tertiary/aromatic N) is 2. The monoisotopic (exact) mass is 328 g/mol. The fourth-order valence-corrected chi connectivity index (χ4v) is 1.92. The summed E-state index contributed by atoms with van der Waals surface area (Å²) in [5.41, 5.74) is 6.91. The van der Waals surface area contributed by atoms with E-state index >= 15 is 0 Å². The quantitative estimate of drug-likeness (QED) is 0.889. The van der Waals surface area contributed by atoms with Crippen LogP contribution in [0.25, 0.3) is 0 Å². The first-order valence-electron chi connectivity index (χ1n) is 5.03. The van der Waals surface area contributed by atoms with Gasteiger partial charge in [0.05, 0.1) is 16.9 Å². The number of anilines is 2. The molecule has 0 saturated carbocycles. The number of rotatable bonds is 2. The summed E-state index contributed by atoms with van der Waals surface area (Å²) in [7, 11) is 1.65. The summed E-state index contributed by atoms with van der Waals surface area (Å²) < 4.78 is 2.19. The maximum absolute atomic E-state index is 12.0. The second kappa shape index (κ2) is 4.99. The number of hydrogen-bond donors (Lipinski definition) is 2. The Morgan fingerprint density at radius 1 is 1.56 bits per heavy atom. The maximum Gasteiger partial charge on any atom is 0.276 e. The second-order valence-corrected chi connectivity index (χ2v) is 4.92. The minimum Gasteiger partial charge on any atom is -0.396 e. The minimum absolute atomic E-state index is 0.314. The standard InChI is InChI=1S/C11H10BrClN4O/c1-17-10(9(14)5-15-17)11(18)16-6-2-3-7(12)8(13)4-6/h2-5H,14H2,1H3,(H,16,18). The van der Waals surface area contributed by atoms with E-state index in [1.807, 2.05) is 0 Å². The van der Waals surface area contributed by atoms with E-state index in [0.29, 0.717) is 22.1 Å². The highest BCUT2D eigenvalue weighted by Crippen LogP contribution is 2.26. The van der Waals surface area contributed by atoms with Crippen LogP contribution in [0.2, 0.25) is 5.02 Å². The van der Waals surface area contributed by atoms with Crippen LogP contribution in [0.1, 0.15) is 10.5 Å². The average molecular weight is 330 g/mol. The summed E-state index contributed by atoms with van der Waals surface area (Å²) in [6, 6.07) is 5.14. The molecule has 2 rings (SSSR count). The van der Waals surface area contributed by atoms with Crippen molar-refractivity contribution in [3.05, 3.63) is 39.6 Å². The molecule has 0 aliphatic carbocycles. The zero-order valence-electron chi connectivity index (χ0n) is 9.45. The van der Waals surface area contributed by atoms with Gasteiger partial charge in [-0.05, 0) is 34.1 Å². The van der Waals surface area contributed by atoms with Crippen LogP contribution in [-0.4, -0.2) is 15.7 Å². The third-order valence-electron chi connectivity index (χ3n) is 2.36. The normalized spacial score (nSPS) is 10.4. The van der Waals surface area contributed by atoms with E-state index in [-0.39, 0.29) is 5.91 Å². The molecule has 18 heavy (non-hydrogen) atoms.